The molecule has 1 aromatic heterocycles. The largest absolute Gasteiger partial charge is 0.288 e. The first-order valence-corrected chi connectivity index (χ1v) is 7.65. The monoisotopic (exact) mass is 295 g/mol. The molecule has 0 aliphatic rings. The summed E-state index contributed by atoms with van der Waals surface area (Å²) in [5.41, 5.74) is 2.81. The highest BCUT2D eigenvalue weighted by atomic mass is 32.1. The van der Waals surface area contributed by atoms with E-state index in [1.807, 2.05) is 35.0 Å². The Labute approximate surface area is 129 Å². The van der Waals surface area contributed by atoms with Crippen molar-refractivity contribution in [2.75, 3.05) is 0 Å². The molecule has 2 nitrogen and oxygen atoms in total. The second-order valence-electron chi connectivity index (χ2n) is 5.88. The Morgan fingerprint density at radius 1 is 1.19 bits per heavy atom. The van der Waals surface area contributed by atoms with Crippen molar-refractivity contribution in [1.82, 2.24) is 0 Å². The quantitative estimate of drug-likeness (QED) is 0.462. The van der Waals surface area contributed by atoms with Crippen molar-refractivity contribution >= 4 is 23.2 Å². The summed E-state index contributed by atoms with van der Waals surface area (Å²) in [6.45, 7) is 6.38. The summed E-state index contributed by atoms with van der Waals surface area (Å²) in [7, 11) is 0. The van der Waals surface area contributed by atoms with E-state index in [0.717, 1.165) is 5.56 Å². The summed E-state index contributed by atoms with van der Waals surface area (Å²) in [6, 6.07) is 11.4. The highest BCUT2D eigenvalue weighted by Crippen LogP contribution is 2.23. The zero-order valence-electron chi connectivity index (χ0n) is 12.4. The van der Waals surface area contributed by atoms with Crippen LogP contribution >= 0.6 is 11.3 Å². The molecular formula is C18H17NOS. The standard InChI is InChI=1S/C18H17NOS/c1-18(2,3)16-6-4-14(5-7-16)17(20)15(11-19)10-13-8-9-21-12-13/h4-10,12H,1-3H3/b15-10+. The molecule has 106 valence electrons. The molecule has 0 N–H and O–H groups in total. The van der Waals surface area contributed by atoms with Crippen molar-refractivity contribution in [1.29, 1.82) is 5.26 Å². The first-order valence-electron chi connectivity index (χ1n) is 6.71. The zero-order valence-corrected chi connectivity index (χ0v) is 13.2. The fraction of sp³-hybridized carbons (Fsp3) is 0.222. The molecule has 21 heavy (non-hydrogen) atoms. The minimum absolute atomic E-state index is 0.0478. The molecule has 1 aromatic carbocycles. The van der Waals surface area contributed by atoms with Crippen molar-refractivity contribution in [2.45, 2.75) is 26.2 Å². The lowest BCUT2D eigenvalue weighted by molar-refractivity contribution is 0.104. The molecular weight excluding hydrogens is 278 g/mol. The first kappa shape index (κ1) is 15.2. The number of Topliss-reactive ketones (excluding diaryl/α,β-unsaturated/α-hetero) is 1. The zero-order chi connectivity index (χ0) is 15.5. The Bertz CT molecular complexity index is 695. The van der Waals surface area contributed by atoms with Crippen molar-refractivity contribution in [2.24, 2.45) is 0 Å². The van der Waals surface area contributed by atoms with E-state index in [9.17, 15) is 10.1 Å². The Morgan fingerprint density at radius 2 is 1.86 bits per heavy atom. The van der Waals surface area contributed by atoms with Crippen LogP contribution in [0.5, 0.6) is 0 Å². The fourth-order valence-corrected chi connectivity index (χ4v) is 2.57. The van der Waals surface area contributed by atoms with Gasteiger partial charge in [0.15, 0.2) is 0 Å². The van der Waals surface area contributed by atoms with Gasteiger partial charge in [-0.3, -0.25) is 4.79 Å². The lowest BCUT2D eigenvalue weighted by Gasteiger charge is -2.18. The van der Waals surface area contributed by atoms with E-state index in [0.29, 0.717) is 5.56 Å². The van der Waals surface area contributed by atoms with Crippen LogP contribution in [0.25, 0.3) is 6.08 Å². The van der Waals surface area contributed by atoms with Crippen LogP contribution in [0, 0.1) is 11.3 Å². The van der Waals surface area contributed by atoms with Crippen molar-refractivity contribution in [3.8, 4) is 6.07 Å². The van der Waals surface area contributed by atoms with Crippen molar-refractivity contribution in [3.05, 3.63) is 63.4 Å². The van der Waals surface area contributed by atoms with Gasteiger partial charge in [0.2, 0.25) is 5.78 Å². The Hall–Kier alpha value is -2.18. The number of hydrogen-bond acceptors (Lipinski definition) is 3. The summed E-state index contributed by atoms with van der Waals surface area (Å²) >= 11 is 1.54. The maximum atomic E-state index is 12.4. The van der Waals surface area contributed by atoms with Gasteiger partial charge in [-0.25, -0.2) is 0 Å². The molecule has 0 aliphatic carbocycles. The van der Waals surface area contributed by atoms with Gasteiger partial charge < -0.3 is 0 Å². The Morgan fingerprint density at radius 3 is 2.33 bits per heavy atom. The van der Waals surface area contributed by atoms with Crippen LogP contribution in [0.2, 0.25) is 0 Å². The second kappa shape index (κ2) is 6.07. The van der Waals surface area contributed by atoms with Gasteiger partial charge in [0, 0.05) is 5.56 Å². The van der Waals surface area contributed by atoms with E-state index in [2.05, 4.69) is 20.8 Å². The summed E-state index contributed by atoms with van der Waals surface area (Å²) in [6.07, 6.45) is 1.64. The minimum Gasteiger partial charge on any atom is -0.288 e. The van der Waals surface area contributed by atoms with Gasteiger partial charge in [0.25, 0.3) is 0 Å². The molecule has 2 aromatic rings. The van der Waals surface area contributed by atoms with E-state index in [-0.39, 0.29) is 16.8 Å². The third-order valence-electron chi connectivity index (χ3n) is 3.23. The molecule has 0 saturated heterocycles. The summed E-state index contributed by atoms with van der Waals surface area (Å²) in [4.78, 5) is 12.4. The molecule has 0 saturated carbocycles. The third-order valence-corrected chi connectivity index (χ3v) is 3.93. The lowest BCUT2D eigenvalue weighted by Crippen LogP contribution is -2.11. The van der Waals surface area contributed by atoms with Gasteiger partial charge in [-0.1, -0.05) is 45.0 Å². The lowest BCUT2D eigenvalue weighted by atomic mass is 9.86. The van der Waals surface area contributed by atoms with Crippen LogP contribution in [-0.4, -0.2) is 5.78 Å². The number of allylic oxidation sites excluding steroid dienone is 1. The summed E-state index contributed by atoms with van der Waals surface area (Å²) < 4.78 is 0. The molecule has 0 radical (unpaired) electrons. The van der Waals surface area contributed by atoms with E-state index >= 15 is 0 Å². The number of thiophene rings is 1. The van der Waals surface area contributed by atoms with Crippen LogP contribution < -0.4 is 0 Å². The van der Waals surface area contributed by atoms with Crippen LogP contribution in [0.3, 0.4) is 0 Å². The maximum Gasteiger partial charge on any atom is 0.203 e. The average Bonchev–Trinajstić information content (AvgIpc) is 2.96. The molecule has 0 aliphatic heterocycles. The first-order chi connectivity index (χ1) is 9.91. The molecule has 0 atom stereocenters. The highest BCUT2D eigenvalue weighted by molar-refractivity contribution is 7.08. The minimum atomic E-state index is -0.232. The Kier molecular flexibility index (Phi) is 4.40. The number of carbonyl (C=O) groups excluding carboxylic acids is 1. The molecule has 1 heterocycles. The van der Waals surface area contributed by atoms with Crippen LogP contribution in [-0.2, 0) is 5.41 Å². The number of carbonyl (C=O) groups is 1. The third kappa shape index (κ3) is 3.68. The number of nitrogens with zero attached hydrogens (tertiary/aromatic N) is 1. The molecule has 0 bridgehead atoms. The van der Waals surface area contributed by atoms with Crippen LogP contribution in [0.4, 0.5) is 0 Å². The fourth-order valence-electron chi connectivity index (χ4n) is 1.95. The van der Waals surface area contributed by atoms with Crippen LogP contribution in [0.15, 0.2) is 46.7 Å². The van der Waals surface area contributed by atoms with Crippen molar-refractivity contribution in [3.63, 3.8) is 0 Å². The number of rotatable bonds is 3. The molecule has 3 heteroatoms. The summed E-state index contributed by atoms with van der Waals surface area (Å²) in [5.74, 6) is -0.232. The van der Waals surface area contributed by atoms with E-state index < -0.39 is 0 Å². The predicted octanol–water partition coefficient (Wildman–Crippen LogP) is 4.84. The number of ketones is 1. The topological polar surface area (TPSA) is 40.9 Å². The predicted molar refractivity (Wildman–Crippen MR) is 87.4 cm³/mol. The van der Waals surface area contributed by atoms with Crippen LogP contribution in [0.1, 0.15) is 42.3 Å². The number of benzene rings is 1. The van der Waals surface area contributed by atoms with Gasteiger partial charge >= 0.3 is 0 Å². The average molecular weight is 295 g/mol. The molecule has 0 fully saturated rings. The normalized spacial score (nSPS) is 12.0. The van der Waals surface area contributed by atoms with E-state index in [1.165, 1.54) is 16.9 Å². The Balaban J connectivity index is 2.29. The summed E-state index contributed by atoms with van der Waals surface area (Å²) in [5, 5.41) is 13.0. The van der Waals surface area contributed by atoms with Gasteiger partial charge in [-0.05, 0) is 39.4 Å². The molecule has 0 unspecified atom stereocenters. The van der Waals surface area contributed by atoms with Gasteiger partial charge in [0.1, 0.15) is 11.6 Å². The molecule has 0 amide bonds. The van der Waals surface area contributed by atoms with E-state index in [1.54, 1.807) is 18.2 Å². The number of nitriles is 1. The maximum absolute atomic E-state index is 12.4. The van der Waals surface area contributed by atoms with Gasteiger partial charge in [0.05, 0.1) is 0 Å². The van der Waals surface area contributed by atoms with Gasteiger partial charge in [-0.2, -0.15) is 16.6 Å². The van der Waals surface area contributed by atoms with E-state index in [4.69, 9.17) is 0 Å². The molecule has 0 spiro atoms. The number of hydrogen-bond donors (Lipinski definition) is 0. The van der Waals surface area contributed by atoms with Gasteiger partial charge in [-0.15, -0.1) is 0 Å². The highest BCUT2D eigenvalue weighted by Gasteiger charge is 2.16. The SMILES string of the molecule is CC(C)(C)c1ccc(C(=O)/C(C#N)=C/c2ccsc2)cc1. The second-order valence-corrected chi connectivity index (χ2v) is 6.66. The van der Waals surface area contributed by atoms with Crippen molar-refractivity contribution < 1.29 is 4.79 Å². The smallest absolute Gasteiger partial charge is 0.203 e. The molecule has 2 rings (SSSR count).